The topological polar surface area (TPSA) is 72.5 Å². The van der Waals surface area contributed by atoms with Crippen LogP contribution < -0.4 is 5.73 Å². The van der Waals surface area contributed by atoms with E-state index in [9.17, 15) is 9.70 Å². The highest BCUT2D eigenvalue weighted by atomic mass is 16.3. The molecule has 1 aromatic rings. The summed E-state index contributed by atoms with van der Waals surface area (Å²) in [5.41, 5.74) is 5.95. The molecule has 0 aliphatic heterocycles. The van der Waals surface area contributed by atoms with E-state index < -0.39 is 0 Å². The Kier molecular flexibility index (Phi) is 2.66. The zero-order valence-corrected chi connectivity index (χ0v) is 6.36. The average molecular weight is 164 g/mol. The van der Waals surface area contributed by atoms with Gasteiger partial charge >= 0.3 is 0 Å². The van der Waals surface area contributed by atoms with Crippen molar-refractivity contribution < 1.29 is 4.79 Å². The van der Waals surface area contributed by atoms with E-state index in [0.717, 1.165) is 0 Å². The van der Waals surface area contributed by atoms with Gasteiger partial charge in [-0.2, -0.15) is 0 Å². The van der Waals surface area contributed by atoms with Crippen LogP contribution in [0.3, 0.4) is 0 Å². The van der Waals surface area contributed by atoms with E-state index in [4.69, 9.17) is 5.73 Å². The molecule has 0 saturated carbocycles. The Balaban J connectivity index is 2.91. The van der Waals surface area contributed by atoms with Gasteiger partial charge in [0.2, 0.25) is 0 Å². The molecule has 0 aliphatic rings. The van der Waals surface area contributed by atoms with Crippen molar-refractivity contribution in [2.24, 2.45) is 10.9 Å². The minimum absolute atomic E-state index is 0.0200. The summed E-state index contributed by atoms with van der Waals surface area (Å²) < 4.78 is 0. The summed E-state index contributed by atoms with van der Waals surface area (Å²) in [6, 6.07) is 6.03. The third kappa shape index (κ3) is 1.73. The lowest BCUT2D eigenvalue weighted by Crippen LogP contribution is -2.13. The van der Waals surface area contributed by atoms with Gasteiger partial charge in [0.1, 0.15) is 5.69 Å². The molecular weight excluding hydrogens is 156 g/mol. The highest BCUT2D eigenvalue weighted by Crippen LogP contribution is 2.12. The van der Waals surface area contributed by atoms with Crippen LogP contribution in [0.15, 0.2) is 29.4 Å². The molecule has 0 radical (unpaired) electrons. The SMILES string of the molecule is NCC(=O)c1ccc(N=O)cc1. The van der Waals surface area contributed by atoms with E-state index in [1.807, 2.05) is 0 Å². The van der Waals surface area contributed by atoms with Crippen LogP contribution in [-0.4, -0.2) is 12.3 Å². The fraction of sp³-hybridized carbons (Fsp3) is 0.125. The molecule has 0 aromatic heterocycles. The molecule has 2 N–H and O–H groups in total. The quantitative estimate of drug-likeness (QED) is 0.539. The Morgan fingerprint density at radius 1 is 1.33 bits per heavy atom. The van der Waals surface area contributed by atoms with Crippen LogP contribution in [-0.2, 0) is 0 Å². The van der Waals surface area contributed by atoms with Crippen molar-refractivity contribution in [2.45, 2.75) is 0 Å². The Labute approximate surface area is 69.4 Å². The third-order valence-electron chi connectivity index (χ3n) is 1.48. The summed E-state index contributed by atoms with van der Waals surface area (Å²) >= 11 is 0. The Bertz CT molecular complexity index is 292. The molecule has 4 heteroatoms. The van der Waals surface area contributed by atoms with Crippen molar-refractivity contribution in [3.63, 3.8) is 0 Å². The lowest BCUT2D eigenvalue weighted by atomic mass is 10.1. The molecule has 0 bridgehead atoms. The molecule has 0 spiro atoms. The molecule has 12 heavy (non-hydrogen) atoms. The van der Waals surface area contributed by atoms with Crippen LogP contribution in [0.5, 0.6) is 0 Å². The number of rotatable bonds is 3. The van der Waals surface area contributed by atoms with Crippen LogP contribution in [0.2, 0.25) is 0 Å². The van der Waals surface area contributed by atoms with E-state index in [0.29, 0.717) is 11.3 Å². The zero-order valence-electron chi connectivity index (χ0n) is 6.36. The number of hydrogen-bond acceptors (Lipinski definition) is 4. The number of nitrogens with zero attached hydrogens (tertiary/aromatic N) is 1. The van der Waals surface area contributed by atoms with Gasteiger partial charge in [0.15, 0.2) is 5.78 Å². The summed E-state index contributed by atoms with van der Waals surface area (Å²) in [6.07, 6.45) is 0. The molecule has 0 amide bonds. The highest BCUT2D eigenvalue weighted by Gasteiger charge is 2.01. The normalized spacial score (nSPS) is 9.42. The summed E-state index contributed by atoms with van der Waals surface area (Å²) in [4.78, 5) is 21.0. The number of nitroso groups, excluding NO2 is 1. The molecule has 0 fully saturated rings. The number of hydrogen-bond donors (Lipinski definition) is 1. The number of ketones is 1. The summed E-state index contributed by atoms with van der Waals surface area (Å²) in [5, 5.41) is 2.70. The molecule has 1 aromatic carbocycles. The van der Waals surface area contributed by atoms with E-state index in [-0.39, 0.29) is 12.3 Å². The zero-order chi connectivity index (χ0) is 8.97. The van der Waals surface area contributed by atoms with Gasteiger partial charge in [0.25, 0.3) is 0 Å². The molecule has 0 unspecified atom stereocenters. The first kappa shape index (κ1) is 8.55. The maximum atomic E-state index is 11.0. The van der Waals surface area contributed by atoms with Gasteiger partial charge in [-0.05, 0) is 29.4 Å². The second-order valence-electron chi connectivity index (χ2n) is 2.27. The Morgan fingerprint density at radius 3 is 2.33 bits per heavy atom. The van der Waals surface area contributed by atoms with Crippen LogP contribution >= 0.6 is 0 Å². The molecule has 0 saturated heterocycles. The van der Waals surface area contributed by atoms with Gasteiger partial charge in [-0.25, -0.2) is 0 Å². The minimum atomic E-state index is -0.146. The maximum Gasteiger partial charge on any atom is 0.176 e. The molecular formula is C8H8N2O2. The van der Waals surface area contributed by atoms with Gasteiger partial charge in [-0.3, -0.25) is 4.79 Å². The number of nitrogens with two attached hydrogens (primary N) is 1. The summed E-state index contributed by atoms with van der Waals surface area (Å²) in [6.45, 7) is -0.0200. The van der Waals surface area contributed by atoms with Crippen LogP contribution in [0.4, 0.5) is 5.69 Å². The van der Waals surface area contributed by atoms with Crippen molar-refractivity contribution in [3.05, 3.63) is 34.7 Å². The number of carbonyl (C=O) groups is 1. The van der Waals surface area contributed by atoms with Gasteiger partial charge in [-0.15, -0.1) is 4.91 Å². The highest BCUT2D eigenvalue weighted by molar-refractivity contribution is 5.97. The predicted octanol–water partition coefficient (Wildman–Crippen LogP) is 1.23. The molecule has 1 rings (SSSR count). The molecule has 62 valence electrons. The smallest absolute Gasteiger partial charge is 0.176 e. The van der Waals surface area contributed by atoms with Gasteiger partial charge in [0.05, 0.1) is 6.54 Å². The largest absolute Gasteiger partial charge is 0.324 e. The summed E-state index contributed by atoms with van der Waals surface area (Å²) in [7, 11) is 0. The number of benzene rings is 1. The van der Waals surface area contributed by atoms with Crippen molar-refractivity contribution in [1.82, 2.24) is 0 Å². The standard InChI is InChI=1S/C8H8N2O2/c9-5-8(11)6-1-3-7(10-12)4-2-6/h1-4H,5,9H2. The lowest BCUT2D eigenvalue weighted by Gasteiger charge is -1.95. The fourth-order valence-electron chi connectivity index (χ4n) is 0.826. The Hall–Kier alpha value is -1.55. The van der Waals surface area contributed by atoms with Crippen molar-refractivity contribution in [2.75, 3.05) is 6.54 Å². The molecule has 0 aliphatic carbocycles. The second kappa shape index (κ2) is 3.73. The second-order valence-corrected chi connectivity index (χ2v) is 2.27. The Morgan fingerprint density at radius 2 is 1.92 bits per heavy atom. The predicted molar refractivity (Wildman–Crippen MR) is 45.3 cm³/mol. The lowest BCUT2D eigenvalue weighted by molar-refractivity contribution is 0.100. The van der Waals surface area contributed by atoms with Crippen LogP contribution in [0.1, 0.15) is 10.4 Å². The van der Waals surface area contributed by atoms with E-state index in [1.54, 1.807) is 0 Å². The molecule has 0 heterocycles. The van der Waals surface area contributed by atoms with Crippen molar-refractivity contribution in [1.29, 1.82) is 0 Å². The van der Waals surface area contributed by atoms with Crippen molar-refractivity contribution >= 4 is 11.5 Å². The number of Topliss-reactive ketones (excluding diaryl/α,β-unsaturated/α-hetero) is 1. The van der Waals surface area contributed by atoms with E-state index in [2.05, 4.69) is 5.18 Å². The van der Waals surface area contributed by atoms with Crippen LogP contribution in [0, 0.1) is 4.91 Å². The van der Waals surface area contributed by atoms with E-state index in [1.165, 1.54) is 24.3 Å². The minimum Gasteiger partial charge on any atom is -0.324 e. The van der Waals surface area contributed by atoms with Gasteiger partial charge < -0.3 is 5.73 Å². The first-order valence-corrected chi connectivity index (χ1v) is 3.44. The van der Waals surface area contributed by atoms with Gasteiger partial charge in [0, 0.05) is 5.56 Å². The van der Waals surface area contributed by atoms with E-state index >= 15 is 0 Å². The van der Waals surface area contributed by atoms with Crippen LogP contribution in [0.25, 0.3) is 0 Å². The molecule has 0 atom stereocenters. The maximum absolute atomic E-state index is 11.0. The monoisotopic (exact) mass is 164 g/mol. The first-order chi connectivity index (χ1) is 5.77. The summed E-state index contributed by atoms with van der Waals surface area (Å²) in [5.74, 6) is -0.146. The third-order valence-corrected chi connectivity index (χ3v) is 1.48. The average Bonchev–Trinajstić information content (AvgIpc) is 2.17. The number of carbonyl (C=O) groups excluding carboxylic acids is 1. The van der Waals surface area contributed by atoms with Crippen molar-refractivity contribution in [3.8, 4) is 0 Å². The van der Waals surface area contributed by atoms with Gasteiger partial charge in [-0.1, -0.05) is 0 Å². The fourth-order valence-corrected chi connectivity index (χ4v) is 0.826. The first-order valence-electron chi connectivity index (χ1n) is 3.44. The molecule has 4 nitrogen and oxygen atoms in total.